The highest BCUT2D eigenvalue weighted by atomic mass is 16.7. The van der Waals surface area contributed by atoms with Crippen LogP contribution in [-0.4, -0.2) is 70.1 Å². The predicted molar refractivity (Wildman–Crippen MR) is 88.5 cm³/mol. The lowest BCUT2D eigenvalue weighted by atomic mass is 9.46. The normalized spacial score (nSPS) is 64.0. The zero-order valence-electron chi connectivity index (χ0n) is 15.6. The number of hydrogen-bond acceptors (Lipinski definition) is 7. The van der Waals surface area contributed by atoms with Crippen molar-refractivity contribution in [1.82, 2.24) is 0 Å². The third kappa shape index (κ3) is 1.27. The van der Waals surface area contributed by atoms with Gasteiger partial charge in [0.15, 0.2) is 5.60 Å². The molecule has 7 nitrogen and oxygen atoms in total. The average molecular weight is 376 g/mol. The molecule has 3 saturated heterocycles. The molecular formula is C20H24O7. The van der Waals surface area contributed by atoms with E-state index >= 15 is 0 Å². The number of aliphatic hydroxyl groups is 2. The van der Waals surface area contributed by atoms with Gasteiger partial charge in [0.2, 0.25) is 0 Å². The molecule has 4 heterocycles. The largest absolute Gasteiger partial charge is 0.458 e. The third-order valence-electron chi connectivity index (χ3n) is 9.09. The highest BCUT2D eigenvalue weighted by Gasteiger charge is 3.00. The molecule has 27 heavy (non-hydrogen) atoms. The number of epoxide rings is 3. The van der Waals surface area contributed by atoms with Crippen LogP contribution in [0, 0.1) is 17.3 Å². The molecule has 0 radical (unpaired) electrons. The molecule has 0 amide bonds. The molecule has 7 rings (SSSR count). The number of aliphatic hydroxyl groups excluding tert-OH is 2. The Morgan fingerprint density at radius 3 is 2.67 bits per heavy atom. The summed E-state index contributed by atoms with van der Waals surface area (Å²) in [7, 11) is 0. The van der Waals surface area contributed by atoms with Gasteiger partial charge in [-0.3, -0.25) is 0 Å². The number of carbonyl (C=O) groups excluding carboxylic acids is 1. The lowest BCUT2D eigenvalue weighted by Gasteiger charge is -2.54. The highest BCUT2D eigenvalue weighted by molar-refractivity contribution is 5.93. The Morgan fingerprint density at radius 1 is 1.15 bits per heavy atom. The van der Waals surface area contributed by atoms with E-state index < -0.39 is 40.4 Å². The number of rotatable bonds is 1. The minimum absolute atomic E-state index is 0.0467. The van der Waals surface area contributed by atoms with Crippen molar-refractivity contribution in [1.29, 1.82) is 0 Å². The summed E-state index contributed by atoms with van der Waals surface area (Å²) in [4.78, 5) is 12.1. The van der Waals surface area contributed by atoms with Crippen molar-refractivity contribution >= 4 is 5.97 Å². The highest BCUT2D eigenvalue weighted by Crippen LogP contribution is 2.82. The van der Waals surface area contributed by atoms with Gasteiger partial charge < -0.3 is 29.2 Å². The molecule has 0 aromatic rings. The molecule has 0 aromatic heterocycles. The van der Waals surface area contributed by atoms with Crippen LogP contribution in [0.5, 0.6) is 0 Å². The third-order valence-corrected chi connectivity index (χ3v) is 9.09. The van der Waals surface area contributed by atoms with Crippen molar-refractivity contribution in [2.75, 3.05) is 6.61 Å². The lowest BCUT2D eigenvalue weighted by molar-refractivity contribution is -0.137. The molecule has 3 aliphatic carbocycles. The Balaban J connectivity index is 1.40. The summed E-state index contributed by atoms with van der Waals surface area (Å²) in [6.45, 7) is 6.51. The maximum Gasteiger partial charge on any atom is 0.337 e. The fraction of sp³-hybridized carbons (Fsp3) is 0.850. The van der Waals surface area contributed by atoms with Gasteiger partial charge in [-0.05, 0) is 30.3 Å². The number of ether oxygens (including phenoxy) is 4. The molecule has 2 saturated carbocycles. The molecular weight excluding hydrogens is 352 g/mol. The van der Waals surface area contributed by atoms with Crippen LogP contribution in [0.1, 0.15) is 33.6 Å². The first-order valence-electron chi connectivity index (χ1n) is 10.1. The van der Waals surface area contributed by atoms with Crippen molar-refractivity contribution in [3.05, 3.63) is 11.1 Å². The minimum atomic E-state index is -0.864. The van der Waals surface area contributed by atoms with Gasteiger partial charge in [-0.15, -0.1) is 0 Å². The van der Waals surface area contributed by atoms with Crippen LogP contribution in [0.3, 0.4) is 0 Å². The minimum Gasteiger partial charge on any atom is -0.458 e. The van der Waals surface area contributed by atoms with Gasteiger partial charge in [-0.25, -0.2) is 4.79 Å². The Morgan fingerprint density at radius 2 is 1.93 bits per heavy atom. The van der Waals surface area contributed by atoms with E-state index in [-0.39, 0.29) is 36.8 Å². The molecule has 4 aliphatic heterocycles. The Hall–Kier alpha value is -0.990. The maximum absolute atomic E-state index is 12.1. The average Bonchev–Trinajstić information content (AvgIpc) is 3.48. The summed E-state index contributed by atoms with van der Waals surface area (Å²) in [5.74, 6) is -0.186. The summed E-state index contributed by atoms with van der Waals surface area (Å²) >= 11 is 0. The number of fused-ring (bicyclic) bond motifs is 4. The van der Waals surface area contributed by atoms with Crippen LogP contribution in [0.15, 0.2) is 11.1 Å². The van der Waals surface area contributed by atoms with Crippen LogP contribution < -0.4 is 0 Å². The van der Waals surface area contributed by atoms with Crippen LogP contribution >= 0.6 is 0 Å². The van der Waals surface area contributed by atoms with E-state index in [1.54, 1.807) is 0 Å². The first-order valence-corrected chi connectivity index (χ1v) is 10.1. The van der Waals surface area contributed by atoms with E-state index in [2.05, 4.69) is 20.8 Å². The van der Waals surface area contributed by atoms with Gasteiger partial charge in [-0.2, -0.15) is 0 Å². The zero-order chi connectivity index (χ0) is 18.7. The van der Waals surface area contributed by atoms with Gasteiger partial charge in [0.25, 0.3) is 0 Å². The summed E-state index contributed by atoms with van der Waals surface area (Å²) in [6.07, 6.45) is -0.861. The van der Waals surface area contributed by atoms with Crippen molar-refractivity contribution < 1.29 is 34.0 Å². The SMILES string of the molecule is CC(C)[C@]12O[C@H]1[C@@H]1O[C@@]13[C@]1(O[C@H]1C[C@H]1C4=C(C(=O)OC4)[C@H](O)C[C@]13C)[C@H]2O. The fourth-order valence-corrected chi connectivity index (χ4v) is 7.80. The van der Waals surface area contributed by atoms with Crippen molar-refractivity contribution in [2.24, 2.45) is 17.3 Å². The summed E-state index contributed by atoms with van der Waals surface area (Å²) in [5, 5.41) is 22.3. The van der Waals surface area contributed by atoms with E-state index in [4.69, 9.17) is 18.9 Å². The summed E-state index contributed by atoms with van der Waals surface area (Å²) in [6, 6.07) is 0. The molecule has 7 aliphatic rings. The van der Waals surface area contributed by atoms with Crippen molar-refractivity contribution in [3.63, 3.8) is 0 Å². The zero-order valence-corrected chi connectivity index (χ0v) is 15.6. The molecule has 2 N–H and O–H groups in total. The van der Waals surface area contributed by atoms with Gasteiger partial charge >= 0.3 is 5.97 Å². The van der Waals surface area contributed by atoms with Crippen LogP contribution in [0.25, 0.3) is 0 Å². The number of cyclic esters (lactones) is 1. The lowest BCUT2D eigenvalue weighted by Crippen LogP contribution is -2.69. The molecule has 0 unspecified atom stereocenters. The molecule has 146 valence electrons. The van der Waals surface area contributed by atoms with E-state index in [1.807, 2.05) is 0 Å². The van der Waals surface area contributed by atoms with E-state index in [1.165, 1.54) is 0 Å². The smallest absolute Gasteiger partial charge is 0.337 e. The van der Waals surface area contributed by atoms with Crippen LogP contribution in [0.4, 0.5) is 0 Å². The second-order valence-corrected chi connectivity index (χ2v) is 10.1. The Bertz CT molecular complexity index is 851. The van der Waals surface area contributed by atoms with E-state index in [0.29, 0.717) is 18.4 Å². The van der Waals surface area contributed by atoms with Gasteiger partial charge in [-0.1, -0.05) is 20.8 Å². The number of hydrogen-bond donors (Lipinski definition) is 2. The summed E-state index contributed by atoms with van der Waals surface area (Å²) < 4.78 is 24.1. The summed E-state index contributed by atoms with van der Waals surface area (Å²) in [5.41, 5.74) is -1.12. The van der Waals surface area contributed by atoms with E-state index in [0.717, 1.165) is 5.57 Å². The molecule has 0 bridgehead atoms. The van der Waals surface area contributed by atoms with Crippen molar-refractivity contribution in [2.45, 2.75) is 80.9 Å². The fourth-order valence-electron chi connectivity index (χ4n) is 7.80. The molecule has 5 fully saturated rings. The van der Waals surface area contributed by atoms with Gasteiger partial charge in [0, 0.05) is 5.41 Å². The molecule has 0 aromatic carbocycles. The Labute approximate surface area is 156 Å². The van der Waals surface area contributed by atoms with Crippen molar-refractivity contribution in [3.8, 4) is 0 Å². The quantitative estimate of drug-likeness (QED) is 0.493. The monoisotopic (exact) mass is 376 g/mol. The molecule has 7 heteroatoms. The van der Waals surface area contributed by atoms with Crippen LogP contribution in [-0.2, 0) is 23.7 Å². The number of carbonyl (C=O) groups is 1. The molecule has 10 atom stereocenters. The van der Waals surface area contributed by atoms with Gasteiger partial charge in [0.1, 0.15) is 36.1 Å². The van der Waals surface area contributed by atoms with Gasteiger partial charge in [0.05, 0.1) is 17.8 Å². The molecule has 2 spiro atoms. The maximum atomic E-state index is 12.1. The second-order valence-electron chi connectivity index (χ2n) is 10.1. The second kappa shape index (κ2) is 4.00. The first-order chi connectivity index (χ1) is 12.8. The topological polar surface area (TPSA) is 104 Å². The standard InChI is InChI=1S/C20H24O7/c1-7(2)18-13(26-18)14-20(27-14)17(3)5-10(21)12-8(6-24-15(12)22)9(17)4-11-19(20,25-11)16(18)23/h7,9-11,13-14,16,21,23H,4-6H2,1-3H3/t9-,10+,11-,13-,14-,16-,17+,18-,19+,20-/m0/s1. The Kier molecular flexibility index (Phi) is 2.35. The number of esters is 1. The van der Waals surface area contributed by atoms with E-state index in [9.17, 15) is 15.0 Å². The first kappa shape index (κ1) is 15.9. The predicted octanol–water partition coefficient (Wildman–Crippen LogP) is 0.0739. The van der Waals surface area contributed by atoms with Crippen LogP contribution in [0.2, 0.25) is 0 Å².